The van der Waals surface area contributed by atoms with Gasteiger partial charge < -0.3 is 9.53 Å². The van der Waals surface area contributed by atoms with Crippen molar-refractivity contribution in [2.45, 2.75) is 77.7 Å². The Balaban J connectivity index is 2.21. The molecule has 0 saturated heterocycles. The summed E-state index contributed by atoms with van der Waals surface area (Å²) >= 11 is 5.85. The quantitative estimate of drug-likeness (QED) is 0.448. The average molecular weight is 353 g/mol. The SMILES string of the molecule is CC(=O)CCCCCCCCC(=O)C(C)(C)Oc1ccc(Cl)cc1. The highest BCUT2D eigenvalue weighted by molar-refractivity contribution is 6.30. The molecule has 0 aliphatic heterocycles. The topological polar surface area (TPSA) is 43.4 Å². The number of ketones is 2. The van der Waals surface area contributed by atoms with E-state index in [4.69, 9.17) is 16.3 Å². The first-order valence-electron chi connectivity index (χ1n) is 8.78. The second-order valence-corrected chi connectivity index (χ2v) is 7.25. The molecule has 0 unspecified atom stereocenters. The van der Waals surface area contributed by atoms with Gasteiger partial charge in [0.15, 0.2) is 11.4 Å². The summed E-state index contributed by atoms with van der Waals surface area (Å²) in [6.07, 6.45) is 7.48. The number of benzene rings is 1. The fourth-order valence-corrected chi connectivity index (χ4v) is 2.65. The van der Waals surface area contributed by atoms with E-state index >= 15 is 0 Å². The maximum absolute atomic E-state index is 12.4. The number of unbranched alkanes of at least 4 members (excludes halogenated alkanes) is 5. The molecular weight excluding hydrogens is 324 g/mol. The summed E-state index contributed by atoms with van der Waals surface area (Å²) in [4.78, 5) is 23.2. The molecule has 0 aliphatic carbocycles. The van der Waals surface area contributed by atoms with Crippen molar-refractivity contribution in [1.82, 2.24) is 0 Å². The number of ether oxygens (including phenoxy) is 1. The maximum Gasteiger partial charge on any atom is 0.175 e. The Bertz CT molecular complexity index is 520. The Hall–Kier alpha value is -1.35. The number of halogens is 1. The molecule has 0 heterocycles. The Kier molecular flexibility index (Phi) is 9.05. The molecular formula is C20H29ClO3. The van der Waals surface area contributed by atoms with Crippen LogP contribution in [0, 0.1) is 0 Å². The van der Waals surface area contributed by atoms with E-state index in [1.807, 2.05) is 13.8 Å². The van der Waals surface area contributed by atoms with Crippen LogP contribution in [0.4, 0.5) is 0 Å². The normalized spacial score (nSPS) is 11.3. The van der Waals surface area contributed by atoms with E-state index in [-0.39, 0.29) is 11.6 Å². The van der Waals surface area contributed by atoms with Gasteiger partial charge in [0.1, 0.15) is 11.5 Å². The molecule has 0 fully saturated rings. The third-order valence-corrected chi connectivity index (χ3v) is 4.29. The van der Waals surface area contributed by atoms with E-state index in [1.165, 1.54) is 0 Å². The first-order chi connectivity index (χ1) is 11.3. The van der Waals surface area contributed by atoms with Crippen molar-refractivity contribution in [1.29, 1.82) is 0 Å². The lowest BCUT2D eigenvalue weighted by Gasteiger charge is -2.25. The van der Waals surface area contributed by atoms with Gasteiger partial charge in [0.2, 0.25) is 0 Å². The molecule has 0 spiro atoms. The van der Waals surface area contributed by atoms with Gasteiger partial charge in [-0.05, 0) is 57.9 Å². The van der Waals surface area contributed by atoms with Gasteiger partial charge in [-0.3, -0.25) is 4.79 Å². The zero-order chi connectivity index (χ0) is 18.0. The summed E-state index contributed by atoms with van der Waals surface area (Å²) in [6, 6.07) is 7.06. The predicted octanol–water partition coefficient (Wildman–Crippen LogP) is 5.78. The van der Waals surface area contributed by atoms with Crippen LogP contribution in [0.15, 0.2) is 24.3 Å². The standard InChI is InChI=1S/C20H29ClO3/c1-16(22)10-8-6-4-5-7-9-11-19(23)20(2,3)24-18-14-12-17(21)13-15-18/h12-15H,4-11H2,1-3H3. The maximum atomic E-state index is 12.4. The second-order valence-electron chi connectivity index (χ2n) is 6.81. The monoisotopic (exact) mass is 352 g/mol. The number of rotatable bonds is 12. The van der Waals surface area contributed by atoms with Crippen molar-refractivity contribution < 1.29 is 14.3 Å². The zero-order valence-electron chi connectivity index (χ0n) is 15.1. The Morgan fingerprint density at radius 3 is 1.96 bits per heavy atom. The summed E-state index contributed by atoms with van der Waals surface area (Å²) < 4.78 is 5.81. The van der Waals surface area contributed by atoms with Gasteiger partial charge in [-0.1, -0.05) is 37.3 Å². The average Bonchev–Trinajstić information content (AvgIpc) is 2.51. The van der Waals surface area contributed by atoms with E-state index in [9.17, 15) is 9.59 Å². The Labute approximate surface area is 150 Å². The molecule has 1 aromatic carbocycles. The first kappa shape index (κ1) is 20.7. The number of hydrogen-bond donors (Lipinski definition) is 0. The van der Waals surface area contributed by atoms with Crippen molar-refractivity contribution in [2.24, 2.45) is 0 Å². The van der Waals surface area contributed by atoms with Crippen molar-refractivity contribution in [3.63, 3.8) is 0 Å². The number of carbonyl (C=O) groups excluding carboxylic acids is 2. The molecule has 1 rings (SSSR count). The molecule has 0 saturated carbocycles. The summed E-state index contributed by atoms with van der Waals surface area (Å²) in [6.45, 7) is 5.26. The molecule has 4 heteroatoms. The Morgan fingerprint density at radius 1 is 0.917 bits per heavy atom. The lowest BCUT2D eigenvalue weighted by molar-refractivity contribution is -0.132. The van der Waals surface area contributed by atoms with Crippen LogP contribution in [0.25, 0.3) is 0 Å². The molecule has 134 valence electrons. The molecule has 1 aromatic rings. The van der Waals surface area contributed by atoms with E-state index < -0.39 is 5.60 Å². The number of Topliss-reactive ketones (excluding diaryl/α,β-unsaturated/α-hetero) is 2. The highest BCUT2D eigenvalue weighted by atomic mass is 35.5. The van der Waals surface area contributed by atoms with Crippen LogP contribution in [0.1, 0.15) is 72.1 Å². The van der Waals surface area contributed by atoms with Crippen LogP contribution in [0.5, 0.6) is 5.75 Å². The summed E-state index contributed by atoms with van der Waals surface area (Å²) in [7, 11) is 0. The zero-order valence-corrected chi connectivity index (χ0v) is 15.8. The van der Waals surface area contributed by atoms with Crippen molar-refractivity contribution in [3.8, 4) is 5.75 Å². The van der Waals surface area contributed by atoms with Gasteiger partial charge in [-0.25, -0.2) is 0 Å². The lowest BCUT2D eigenvalue weighted by Crippen LogP contribution is -2.38. The minimum absolute atomic E-state index is 0.119. The van der Waals surface area contributed by atoms with E-state index in [1.54, 1.807) is 31.2 Å². The van der Waals surface area contributed by atoms with E-state index in [2.05, 4.69) is 0 Å². The van der Waals surface area contributed by atoms with Gasteiger partial charge in [0.25, 0.3) is 0 Å². The van der Waals surface area contributed by atoms with Gasteiger partial charge in [0.05, 0.1) is 0 Å². The van der Waals surface area contributed by atoms with Gasteiger partial charge >= 0.3 is 0 Å². The largest absolute Gasteiger partial charge is 0.480 e. The number of carbonyl (C=O) groups is 2. The fraction of sp³-hybridized carbons (Fsp3) is 0.600. The summed E-state index contributed by atoms with van der Waals surface area (Å²) in [5.74, 6) is 1.04. The molecule has 3 nitrogen and oxygen atoms in total. The molecule has 0 aliphatic rings. The van der Waals surface area contributed by atoms with Crippen molar-refractivity contribution >= 4 is 23.2 Å². The van der Waals surface area contributed by atoms with E-state index in [0.717, 1.165) is 38.5 Å². The second kappa shape index (κ2) is 10.5. The van der Waals surface area contributed by atoms with Crippen LogP contribution in [0.2, 0.25) is 5.02 Å². The number of hydrogen-bond acceptors (Lipinski definition) is 3. The summed E-state index contributed by atoms with van der Waals surface area (Å²) in [5, 5.41) is 0.648. The van der Waals surface area contributed by atoms with Crippen LogP contribution in [-0.4, -0.2) is 17.2 Å². The highest BCUT2D eigenvalue weighted by Gasteiger charge is 2.28. The Morgan fingerprint density at radius 2 is 1.42 bits per heavy atom. The van der Waals surface area contributed by atoms with Crippen LogP contribution in [0.3, 0.4) is 0 Å². The third kappa shape index (κ3) is 8.49. The van der Waals surface area contributed by atoms with Gasteiger partial charge in [-0.2, -0.15) is 0 Å². The first-order valence-corrected chi connectivity index (χ1v) is 9.16. The van der Waals surface area contributed by atoms with Crippen molar-refractivity contribution in [2.75, 3.05) is 0 Å². The third-order valence-electron chi connectivity index (χ3n) is 4.04. The molecule has 0 bridgehead atoms. The highest BCUT2D eigenvalue weighted by Crippen LogP contribution is 2.23. The molecule has 0 N–H and O–H groups in total. The van der Waals surface area contributed by atoms with Gasteiger partial charge in [0, 0.05) is 17.9 Å². The molecule has 24 heavy (non-hydrogen) atoms. The van der Waals surface area contributed by atoms with Crippen LogP contribution < -0.4 is 4.74 Å². The molecule has 0 radical (unpaired) electrons. The lowest BCUT2D eigenvalue weighted by atomic mass is 9.97. The summed E-state index contributed by atoms with van der Waals surface area (Å²) in [5.41, 5.74) is -0.824. The smallest absolute Gasteiger partial charge is 0.175 e. The molecule has 0 aromatic heterocycles. The molecule has 0 amide bonds. The predicted molar refractivity (Wildman–Crippen MR) is 98.8 cm³/mol. The van der Waals surface area contributed by atoms with Crippen LogP contribution >= 0.6 is 11.6 Å². The van der Waals surface area contributed by atoms with Gasteiger partial charge in [-0.15, -0.1) is 0 Å². The van der Waals surface area contributed by atoms with Crippen molar-refractivity contribution in [3.05, 3.63) is 29.3 Å². The molecule has 0 atom stereocenters. The fourth-order valence-electron chi connectivity index (χ4n) is 2.52. The minimum atomic E-state index is -0.824. The minimum Gasteiger partial charge on any atom is -0.480 e. The van der Waals surface area contributed by atoms with Crippen LogP contribution in [-0.2, 0) is 9.59 Å². The van der Waals surface area contributed by atoms with E-state index in [0.29, 0.717) is 23.6 Å².